The van der Waals surface area contributed by atoms with Crippen LogP contribution in [-0.2, 0) is 7.05 Å². The van der Waals surface area contributed by atoms with Crippen LogP contribution in [0.4, 0.5) is 5.82 Å². The molecule has 0 unspecified atom stereocenters. The number of hydrogen-bond donors (Lipinski definition) is 1. The second kappa shape index (κ2) is 4.67. The summed E-state index contributed by atoms with van der Waals surface area (Å²) in [6.45, 7) is 2.51. The van der Waals surface area contributed by atoms with Gasteiger partial charge in [0, 0.05) is 12.6 Å². The number of nitrogens with zero attached hydrogens (tertiary/aromatic N) is 2. The summed E-state index contributed by atoms with van der Waals surface area (Å²) in [5, 5.41) is 4.67. The Morgan fingerprint density at radius 3 is 2.76 bits per heavy atom. The van der Waals surface area contributed by atoms with Gasteiger partial charge in [0.2, 0.25) is 0 Å². The van der Waals surface area contributed by atoms with Crippen LogP contribution in [0.3, 0.4) is 0 Å². The zero-order chi connectivity index (χ0) is 12.4. The fourth-order valence-corrected chi connectivity index (χ4v) is 1.85. The van der Waals surface area contributed by atoms with E-state index in [0.29, 0.717) is 23.2 Å². The van der Waals surface area contributed by atoms with Crippen LogP contribution in [0.15, 0.2) is 24.4 Å². The van der Waals surface area contributed by atoms with Crippen molar-refractivity contribution in [1.82, 2.24) is 9.78 Å². The number of ether oxygens (including phenoxy) is 1. The van der Waals surface area contributed by atoms with Gasteiger partial charge in [-0.05, 0) is 24.6 Å². The largest absolute Gasteiger partial charge is 0.492 e. The molecule has 1 aromatic carbocycles. The minimum absolute atomic E-state index is 0.576. The van der Waals surface area contributed by atoms with E-state index in [1.165, 1.54) is 0 Å². The van der Waals surface area contributed by atoms with Gasteiger partial charge >= 0.3 is 0 Å². The molecule has 5 heteroatoms. The molecule has 2 N–H and O–H groups in total. The highest BCUT2D eigenvalue weighted by atomic mass is 35.5. The van der Waals surface area contributed by atoms with Crippen molar-refractivity contribution in [2.45, 2.75) is 6.92 Å². The van der Waals surface area contributed by atoms with Crippen molar-refractivity contribution < 1.29 is 4.74 Å². The molecule has 17 heavy (non-hydrogen) atoms. The Hall–Kier alpha value is -1.68. The van der Waals surface area contributed by atoms with Crippen LogP contribution in [0, 0.1) is 0 Å². The number of hydrogen-bond acceptors (Lipinski definition) is 3. The number of anilines is 1. The Morgan fingerprint density at radius 2 is 2.24 bits per heavy atom. The van der Waals surface area contributed by atoms with E-state index in [1.54, 1.807) is 17.9 Å². The first-order chi connectivity index (χ1) is 8.13. The maximum Gasteiger partial charge on any atom is 0.137 e. The topological polar surface area (TPSA) is 53.1 Å². The maximum absolute atomic E-state index is 6.12. The lowest BCUT2D eigenvalue weighted by molar-refractivity contribution is 0.340. The van der Waals surface area contributed by atoms with Crippen molar-refractivity contribution in [2.24, 2.45) is 7.05 Å². The molecule has 0 radical (unpaired) electrons. The number of nitrogen functional groups attached to an aromatic ring is 1. The highest BCUT2D eigenvalue weighted by Gasteiger charge is 2.09. The molecule has 90 valence electrons. The summed E-state index contributed by atoms with van der Waals surface area (Å²) in [7, 11) is 1.80. The van der Waals surface area contributed by atoms with E-state index in [9.17, 15) is 0 Å². The molecule has 0 spiro atoms. The quantitative estimate of drug-likeness (QED) is 0.913. The molecule has 0 aliphatic carbocycles. The lowest BCUT2D eigenvalue weighted by Crippen LogP contribution is -1.98. The third kappa shape index (κ3) is 2.22. The van der Waals surface area contributed by atoms with Crippen molar-refractivity contribution >= 4 is 17.4 Å². The Labute approximate surface area is 105 Å². The molecule has 0 fully saturated rings. The molecule has 0 aliphatic heterocycles. The lowest BCUT2D eigenvalue weighted by Gasteiger charge is -2.07. The molecule has 1 heterocycles. The van der Waals surface area contributed by atoms with Gasteiger partial charge < -0.3 is 10.5 Å². The molecule has 0 atom stereocenters. The summed E-state index contributed by atoms with van der Waals surface area (Å²) >= 11 is 6.12. The molecule has 0 saturated heterocycles. The average molecular weight is 252 g/mol. The van der Waals surface area contributed by atoms with E-state index >= 15 is 0 Å². The Morgan fingerprint density at radius 1 is 1.47 bits per heavy atom. The smallest absolute Gasteiger partial charge is 0.137 e. The fourth-order valence-electron chi connectivity index (χ4n) is 1.61. The molecule has 1 aromatic heterocycles. The van der Waals surface area contributed by atoms with Crippen molar-refractivity contribution in [3.8, 4) is 16.9 Å². The second-order valence-corrected chi connectivity index (χ2v) is 4.05. The van der Waals surface area contributed by atoms with E-state index in [4.69, 9.17) is 22.1 Å². The highest BCUT2D eigenvalue weighted by Crippen LogP contribution is 2.32. The van der Waals surface area contributed by atoms with Crippen LogP contribution < -0.4 is 10.5 Å². The van der Waals surface area contributed by atoms with Gasteiger partial charge in [-0.25, -0.2) is 0 Å². The zero-order valence-corrected chi connectivity index (χ0v) is 10.5. The third-order valence-electron chi connectivity index (χ3n) is 2.53. The Bertz CT molecular complexity index is 537. The van der Waals surface area contributed by atoms with Crippen LogP contribution >= 0.6 is 11.6 Å². The SMILES string of the molecule is CCOc1ccc(-c2cnn(C)c2N)cc1Cl. The van der Waals surface area contributed by atoms with E-state index < -0.39 is 0 Å². The van der Waals surface area contributed by atoms with E-state index in [0.717, 1.165) is 11.1 Å². The summed E-state index contributed by atoms with van der Waals surface area (Å²) in [6, 6.07) is 5.60. The standard InChI is InChI=1S/C12H14ClN3O/c1-3-17-11-5-4-8(6-10(11)13)9-7-15-16(2)12(9)14/h4-7H,3,14H2,1-2H3. The first-order valence-electron chi connectivity index (χ1n) is 5.33. The van der Waals surface area contributed by atoms with Crippen LogP contribution in [-0.4, -0.2) is 16.4 Å². The van der Waals surface area contributed by atoms with Gasteiger partial charge in [0.1, 0.15) is 11.6 Å². The van der Waals surface area contributed by atoms with Crippen molar-refractivity contribution in [3.05, 3.63) is 29.4 Å². The normalized spacial score (nSPS) is 10.5. The number of nitrogens with two attached hydrogens (primary N) is 1. The van der Waals surface area contributed by atoms with E-state index in [2.05, 4.69) is 5.10 Å². The maximum atomic E-state index is 6.12. The van der Waals surface area contributed by atoms with Gasteiger partial charge in [0.15, 0.2) is 0 Å². The summed E-state index contributed by atoms with van der Waals surface area (Å²) in [5.41, 5.74) is 7.71. The Balaban J connectivity index is 2.41. The van der Waals surface area contributed by atoms with Crippen LogP contribution in [0.2, 0.25) is 5.02 Å². The molecular formula is C12H14ClN3O. The molecule has 0 bridgehead atoms. The second-order valence-electron chi connectivity index (χ2n) is 3.65. The van der Waals surface area contributed by atoms with Gasteiger partial charge in [-0.3, -0.25) is 4.68 Å². The molecular weight excluding hydrogens is 238 g/mol. The van der Waals surface area contributed by atoms with Gasteiger partial charge in [-0.1, -0.05) is 17.7 Å². The van der Waals surface area contributed by atoms with E-state index in [-0.39, 0.29) is 0 Å². The van der Waals surface area contributed by atoms with Crippen molar-refractivity contribution in [1.29, 1.82) is 0 Å². The summed E-state index contributed by atoms with van der Waals surface area (Å²) in [6.07, 6.45) is 1.72. The first-order valence-corrected chi connectivity index (χ1v) is 5.71. The first kappa shape index (κ1) is 11.8. The highest BCUT2D eigenvalue weighted by molar-refractivity contribution is 6.32. The minimum Gasteiger partial charge on any atom is -0.492 e. The van der Waals surface area contributed by atoms with Gasteiger partial charge in [0.05, 0.1) is 17.8 Å². The minimum atomic E-state index is 0.576. The van der Waals surface area contributed by atoms with Crippen LogP contribution in [0.25, 0.3) is 11.1 Å². The van der Waals surface area contributed by atoms with Gasteiger partial charge in [0.25, 0.3) is 0 Å². The predicted molar refractivity (Wildman–Crippen MR) is 69.2 cm³/mol. The summed E-state index contributed by atoms with van der Waals surface area (Å²) < 4.78 is 7.00. The van der Waals surface area contributed by atoms with Crippen LogP contribution in [0.5, 0.6) is 5.75 Å². The number of rotatable bonds is 3. The number of aryl methyl sites for hydroxylation is 1. The summed E-state index contributed by atoms with van der Waals surface area (Å²) in [5.74, 6) is 1.30. The average Bonchev–Trinajstić information content (AvgIpc) is 2.63. The Kier molecular flexibility index (Phi) is 3.24. The number of benzene rings is 1. The fraction of sp³-hybridized carbons (Fsp3) is 0.250. The lowest BCUT2D eigenvalue weighted by atomic mass is 10.1. The molecule has 0 aliphatic rings. The van der Waals surface area contributed by atoms with E-state index in [1.807, 2.05) is 25.1 Å². The van der Waals surface area contributed by atoms with Crippen molar-refractivity contribution in [2.75, 3.05) is 12.3 Å². The predicted octanol–water partition coefficient (Wildman–Crippen LogP) is 2.72. The zero-order valence-electron chi connectivity index (χ0n) is 9.77. The van der Waals surface area contributed by atoms with Crippen LogP contribution in [0.1, 0.15) is 6.92 Å². The van der Waals surface area contributed by atoms with Gasteiger partial charge in [-0.15, -0.1) is 0 Å². The third-order valence-corrected chi connectivity index (χ3v) is 2.82. The molecule has 0 saturated carbocycles. The molecule has 4 nitrogen and oxygen atoms in total. The molecule has 2 aromatic rings. The van der Waals surface area contributed by atoms with Gasteiger partial charge in [-0.2, -0.15) is 5.10 Å². The van der Waals surface area contributed by atoms with Crippen molar-refractivity contribution in [3.63, 3.8) is 0 Å². The molecule has 0 amide bonds. The monoisotopic (exact) mass is 251 g/mol. The number of aromatic nitrogens is 2. The number of halogens is 1. The molecule has 2 rings (SSSR count). The summed E-state index contributed by atoms with van der Waals surface area (Å²) in [4.78, 5) is 0.